The van der Waals surface area contributed by atoms with E-state index in [1.807, 2.05) is 18.2 Å². The third-order valence-corrected chi connectivity index (χ3v) is 4.48. The van der Waals surface area contributed by atoms with Gasteiger partial charge in [-0.05, 0) is 18.6 Å². The first-order valence-corrected chi connectivity index (χ1v) is 8.65. The molecule has 0 aromatic carbocycles. The third-order valence-electron chi connectivity index (χ3n) is 4.48. The maximum absolute atomic E-state index is 12.4. The minimum atomic E-state index is -0.136. The smallest absolute Gasteiger partial charge is 0.224 e. The zero-order chi connectivity index (χ0) is 17.5. The van der Waals surface area contributed by atoms with Crippen LogP contribution in [0.5, 0.6) is 0 Å². The second kappa shape index (κ2) is 8.41. The van der Waals surface area contributed by atoms with Crippen LogP contribution in [0.4, 0.5) is 0 Å². The van der Waals surface area contributed by atoms with Gasteiger partial charge in [0.15, 0.2) is 0 Å². The summed E-state index contributed by atoms with van der Waals surface area (Å²) in [5.41, 5.74) is 1.96. The molecule has 2 N–H and O–H groups in total. The molecule has 1 fully saturated rings. The fraction of sp³-hybridized carbons (Fsp3) is 0.444. The van der Waals surface area contributed by atoms with Crippen LogP contribution in [-0.2, 0) is 22.4 Å². The Morgan fingerprint density at radius 1 is 1.36 bits per heavy atom. The van der Waals surface area contributed by atoms with Crippen molar-refractivity contribution in [1.29, 1.82) is 0 Å². The van der Waals surface area contributed by atoms with Crippen LogP contribution in [0.2, 0.25) is 0 Å². The van der Waals surface area contributed by atoms with E-state index in [0.717, 1.165) is 17.8 Å². The first-order chi connectivity index (χ1) is 12.2. The van der Waals surface area contributed by atoms with Crippen molar-refractivity contribution < 1.29 is 9.59 Å². The van der Waals surface area contributed by atoms with Gasteiger partial charge < -0.3 is 15.2 Å². The molecule has 25 heavy (non-hydrogen) atoms. The Bertz CT molecular complexity index is 687. The molecule has 0 aliphatic carbocycles. The molecule has 1 atom stereocenters. The highest BCUT2D eigenvalue weighted by Crippen LogP contribution is 2.18. The van der Waals surface area contributed by atoms with Crippen molar-refractivity contribution in [1.82, 2.24) is 25.2 Å². The fourth-order valence-corrected chi connectivity index (χ4v) is 3.03. The van der Waals surface area contributed by atoms with Crippen molar-refractivity contribution in [2.75, 3.05) is 19.6 Å². The summed E-state index contributed by atoms with van der Waals surface area (Å²) in [7, 11) is 0. The number of amides is 2. The van der Waals surface area contributed by atoms with E-state index in [-0.39, 0.29) is 17.7 Å². The van der Waals surface area contributed by atoms with Gasteiger partial charge in [-0.3, -0.25) is 14.6 Å². The Balaban J connectivity index is 1.45. The lowest BCUT2D eigenvalue weighted by Crippen LogP contribution is -2.46. The number of rotatable bonds is 7. The van der Waals surface area contributed by atoms with Gasteiger partial charge in [0.25, 0.3) is 0 Å². The zero-order valence-electron chi connectivity index (χ0n) is 14.1. The Morgan fingerprint density at radius 3 is 3.04 bits per heavy atom. The molecule has 1 aliphatic rings. The standard InChI is InChI=1S/C18H23N5O2/c24-17-5-4-14(18(25)21-9-6-16-11-19-13-22-16)12-23(17)10-7-15-3-1-2-8-20-15/h1-3,8,11,13-14H,4-7,9-10,12H2,(H,19,22)(H,21,25)/t14-/m1/s1. The van der Waals surface area contributed by atoms with Crippen LogP contribution in [0, 0.1) is 5.92 Å². The molecule has 7 heteroatoms. The average molecular weight is 341 g/mol. The Kier molecular flexibility index (Phi) is 5.77. The van der Waals surface area contributed by atoms with Gasteiger partial charge in [-0.25, -0.2) is 4.98 Å². The van der Waals surface area contributed by atoms with Gasteiger partial charge in [-0.1, -0.05) is 6.07 Å². The van der Waals surface area contributed by atoms with Crippen LogP contribution in [0.3, 0.4) is 0 Å². The molecule has 1 saturated heterocycles. The maximum Gasteiger partial charge on any atom is 0.224 e. The molecule has 0 radical (unpaired) electrons. The van der Waals surface area contributed by atoms with Crippen molar-refractivity contribution in [3.05, 3.63) is 48.3 Å². The lowest BCUT2D eigenvalue weighted by molar-refractivity contribution is -0.138. The van der Waals surface area contributed by atoms with Gasteiger partial charge in [0, 0.05) is 62.7 Å². The van der Waals surface area contributed by atoms with Crippen molar-refractivity contribution in [3.63, 3.8) is 0 Å². The normalized spacial score (nSPS) is 17.5. The van der Waals surface area contributed by atoms with Crippen LogP contribution in [0.15, 0.2) is 36.9 Å². The van der Waals surface area contributed by atoms with Crippen LogP contribution < -0.4 is 5.32 Å². The number of carbonyl (C=O) groups is 2. The number of carbonyl (C=O) groups excluding carboxylic acids is 2. The summed E-state index contributed by atoms with van der Waals surface area (Å²) < 4.78 is 0. The Labute approximate surface area is 146 Å². The summed E-state index contributed by atoms with van der Waals surface area (Å²) in [4.78, 5) is 37.5. The largest absolute Gasteiger partial charge is 0.355 e. The van der Waals surface area contributed by atoms with Crippen molar-refractivity contribution in [2.24, 2.45) is 5.92 Å². The van der Waals surface area contributed by atoms with Gasteiger partial charge in [-0.15, -0.1) is 0 Å². The number of hydrogen-bond acceptors (Lipinski definition) is 4. The summed E-state index contributed by atoms with van der Waals surface area (Å²) in [5.74, 6) is 0.00971. The quantitative estimate of drug-likeness (QED) is 0.784. The lowest BCUT2D eigenvalue weighted by Gasteiger charge is -2.32. The van der Waals surface area contributed by atoms with E-state index in [2.05, 4.69) is 20.3 Å². The van der Waals surface area contributed by atoms with E-state index in [1.165, 1.54) is 0 Å². The minimum absolute atomic E-state index is 0.0230. The lowest BCUT2D eigenvalue weighted by atomic mass is 9.96. The molecular formula is C18H23N5O2. The highest BCUT2D eigenvalue weighted by molar-refractivity contribution is 5.83. The fourth-order valence-electron chi connectivity index (χ4n) is 3.03. The van der Waals surface area contributed by atoms with Crippen LogP contribution in [0.1, 0.15) is 24.2 Å². The van der Waals surface area contributed by atoms with E-state index in [4.69, 9.17) is 0 Å². The predicted octanol–water partition coefficient (Wildman–Crippen LogP) is 0.945. The zero-order valence-corrected chi connectivity index (χ0v) is 14.1. The molecule has 2 aromatic rings. The molecule has 0 spiro atoms. The van der Waals surface area contributed by atoms with Gasteiger partial charge >= 0.3 is 0 Å². The minimum Gasteiger partial charge on any atom is -0.355 e. The van der Waals surface area contributed by atoms with Gasteiger partial charge in [0.2, 0.25) is 11.8 Å². The molecule has 132 valence electrons. The molecule has 0 bridgehead atoms. The monoisotopic (exact) mass is 341 g/mol. The number of aromatic amines is 1. The summed E-state index contributed by atoms with van der Waals surface area (Å²) in [6, 6.07) is 5.77. The topological polar surface area (TPSA) is 91.0 Å². The van der Waals surface area contributed by atoms with E-state index in [0.29, 0.717) is 38.9 Å². The summed E-state index contributed by atoms with van der Waals surface area (Å²) >= 11 is 0. The van der Waals surface area contributed by atoms with Crippen molar-refractivity contribution in [2.45, 2.75) is 25.7 Å². The SMILES string of the molecule is O=C(NCCc1cnc[nH]1)[C@@H]1CCC(=O)N(CCc2ccccn2)C1. The molecule has 1 aliphatic heterocycles. The molecule has 3 rings (SSSR count). The number of nitrogens with one attached hydrogen (secondary N) is 2. The van der Waals surface area contributed by atoms with Gasteiger partial charge in [0.1, 0.15) is 0 Å². The number of nitrogens with zero attached hydrogens (tertiary/aromatic N) is 3. The van der Waals surface area contributed by atoms with Gasteiger partial charge in [-0.2, -0.15) is 0 Å². The molecule has 0 unspecified atom stereocenters. The molecule has 2 amide bonds. The predicted molar refractivity (Wildman–Crippen MR) is 92.5 cm³/mol. The Morgan fingerprint density at radius 2 is 2.28 bits per heavy atom. The number of hydrogen-bond donors (Lipinski definition) is 2. The van der Waals surface area contributed by atoms with E-state index in [9.17, 15) is 9.59 Å². The summed E-state index contributed by atoms with van der Waals surface area (Å²) in [5, 5.41) is 2.96. The number of likely N-dealkylation sites (tertiary alicyclic amines) is 1. The summed E-state index contributed by atoms with van der Waals surface area (Å²) in [6.07, 6.45) is 7.62. The van der Waals surface area contributed by atoms with Gasteiger partial charge in [0.05, 0.1) is 12.2 Å². The number of imidazole rings is 1. The molecule has 3 heterocycles. The maximum atomic E-state index is 12.4. The first kappa shape index (κ1) is 17.1. The highest BCUT2D eigenvalue weighted by atomic mass is 16.2. The van der Waals surface area contributed by atoms with Crippen LogP contribution >= 0.6 is 0 Å². The second-order valence-corrected chi connectivity index (χ2v) is 6.26. The number of H-pyrrole nitrogens is 1. The Hall–Kier alpha value is -2.70. The van der Waals surface area contributed by atoms with E-state index < -0.39 is 0 Å². The molecule has 7 nitrogen and oxygen atoms in total. The van der Waals surface area contributed by atoms with Crippen molar-refractivity contribution in [3.8, 4) is 0 Å². The number of piperidine rings is 1. The molecule has 2 aromatic heterocycles. The van der Waals surface area contributed by atoms with Crippen LogP contribution in [-0.4, -0.2) is 51.3 Å². The molecule has 0 saturated carbocycles. The number of pyridine rings is 1. The molecular weight excluding hydrogens is 318 g/mol. The average Bonchev–Trinajstić information content (AvgIpc) is 3.15. The van der Waals surface area contributed by atoms with E-state index >= 15 is 0 Å². The van der Waals surface area contributed by atoms with Crippen molar-refractivity contribution >= 4 is 11.8 Å². The second-order valence-electron chi connectivity index (χ2n) is 6.26. The third kappa shape index (κ3) is 4.89. The highest BCUT2D eigenvalue weighted by Gasteiger charge is 2.29. The number of aromatic nitrogens is 3. The van der Waals surface area contributed by atoms with E-state index in [1.54, 1.807) is 23.6 Å². The summed E-state index contributed by atoms with van der Waals surface area (Å²) in [6.45, 7) is 1.66. The van der Waals surface area contributed by atoms with Crippen LogP contribution in [0.25, 0.3) is 0 Å². The first-order valence-electron chi connectivity index (χ1n) is 8.65.